The second-order valence-electron chi connectivity index (χ2n) is 14.4. The zero-order valence-electron chi connectivity index (χ0n) is 27.9. The van der Waals surface area contributed by atoms with E-state index in [2.05, 4.69) is 26.3 Å². The Kier molecular flexibility index (Phi) is 7.76. The first-order valence-electron chi connectivity index (χ1n) is 15.8. The van der Waals surface area contributed by atoms with Gasteiger partial charge in [0.15, 0.2) is 0 Å². The minimum Gasteiger partial charge on any atom is -0.444 e. The lowest BCUT2D eigenvalue weighted by Gasteiger charge is -2.43. The Balaban J connectivity index is 1.54. The van der Waals surface area contributed by atoms with Crippen molar-refractivity contribution in [2.45, 2.75) is 83.2 Å². The van der Waals surface area contributed by atoms with E-state index in [9.17, 15) is 24.0 Å². The molecule has 0 saturated carbocycles. The van der Waals surface area contributed by atoms with E-state index in [-0.39, 0.29) is 12.1 Å². The molecule has 0 radical (unpaired) electrons. The first-order chi connectivity index (χ1) is 22.5. The summed E-state index contributed by atoms with van der Waals surface area (Å²) in [5.74, 6) is -2.24. The molecule has 252 valence electrons. The van der Waals surface area contributed by atoms with Crippen LogP contribution in [-0.4, -0.2) is 68.8 Å². The van der Waals surface area contributed by atoms with Gasteiger partial charge in [0, 0.05) is 46.7 Å². The summed E-state index contributed by atoms with van der Waals surface area (Å²) in [6.45, 7) is 12.4. The summed E-state index contributed by atoms with van der Waals surface area (Å²) in [6.07, 6.45) is 1.60. The number of urea groups is 1. The fourth-order valence-electron chi connectivity index (χ4n) is 6.80. The highest BCUT2D eigenvalue weighted by Gasteiger charge is 2.56. The maximum Gasteiger partial charge on any atom is 0.419 e. The highest BCUT2D eigenvalue weighted by atomic mass is 16.6. The number of amides is 4. The van der Waals surface area contributed by atoms with Crippen molar-refractivity contribution in [3.63, 3.8) is 0 Å². The lowest BCUT2D eigenvalue weighted by atomic mass is 9.74. The Morgan fingerprint density at radius 3 is 2.29 bits per heavy atom. The van der Waals surface area contributed by atoms with Crippen LogP contribution in [-0.2, 0) is 14.3 Å². The molecule has 1 fully saturated rings. The number of benzene rings is 2. The molecule has 13 heteroatoms. The van der Waals surface area contributed by atoms with Crippen LogP contribution in [0.15, 0.2) is 54.9 Å². The van der Waals surface area contributed by atoms with Crippen LogP contribution in [0, 0.1) is 0 Å². The van der Waals surface area contributed by atoms with Gasteiger partial charge in [0.1, 0.15) is 11.2 Å². The fourth-order valence-corrected chi connectivity index (χ4v) is 6.80. The van der Waals surface area contributed by atoms with Crippen molar-refractivity contribution in [1.29, 1.82) is 0 Å². The Morgan fingerprint density at radius 1 is 0.917 bits per heavy atom. The third-order valence-corrected chi connectivity index (χ3v) is 8.83. The molecule has 1 spiro atoms. The molecule has 5 N–H and O–H groups in total. The van der Waals surface area contributed by atoms with Gasteiger partial charge >= 0.3 is 18.2 Å². The van der Waals surface area contributed by atoms with Gasteiger partial charge in [-0.1, -0.05) is 37.3 Å². The van der Waals surface area contributed by atoms with Crippen LogP contribution in [0.25, 0.3) is 21.8 Å². The molecular weight excluding hydrogens is 616 g/mol. The van der Waals surface area contributed by atoms with E-state index >= 15 is 0 Å². The molecule has 2 aromatic carbocycles. The number of carbonyl (C=O) groups excluding carboxylic acids is 5. The lowest BCUT2D eigenvalue weighted by Crippen LogP contribution is -2.67. The second kappa shape index (κ2) is 11.4. The minimum absolute atomic E-state index is 0.0724. The quantitative estimate of drug-likeness (QED) is 0.152. The van der Waals surface area contributed by atoms with Crippen LogP contribution >= 0.6 is 0 Å². The summed E-state index contributed by atoms with van der Waals surface area (Å²) in [5, 5.41) is 12.9. The van der Waals surface area contributed by atoms with Crippen LogP contribution in [0.4, 0.5) is 14.4 Å². The molecule has 1 aliphatic carbocycles. The molecule has 48 heavy (non-hydrogen) atoms. The number of fused-ring (bicyclic) bond motifs is 1. The third kappa shape index (κ3) is 5.73. The normalized spacial score (nSPS) is 22.1. The molecule has 3 heterocycles. The van der Waals surface area contributed by atoms with Gasteiger partial charge in [-0.3, -0.25) is 14.2 Å². The third-order valence-electron chi connectivity index (χ3n) is 8.83. The predicted molar refractivity (Wildman–Crippen MR) is 178 cm³/mol. The Morgan fingerprint density at radius 2 is 1.62 bits per heavy atom. The van der Waals surface area contributed by atoms with E-state index in [1.54, 1.807) is 78.1 Å². The first-order valence-corrected chi connectivity index (χ1v) is 15.8. The summed E-state index contributed by atoms with van der Waals surface area (Å²) >= 11 is 0. The topological polar surface area (TPSA) is 173 Å². The van der Waals surface area contributed by atoms with Gasteiger partial charge in [-0.2, -0.15) is 0 Å². The van der Waals surface area contributed by atoms with Crippen LogP contribution in [0.5, 0.6) is 0 Å². The van der Waals surface area contributed by atoms with E-state index < -0.39 is 64.7 Å². The smallest absolute Gasteiger partial charge is 0.419 e. The maximum atomic E-state index is 14.0. The summed E-state index contributed by atoms with van der Waals surface area (Å²) in [5.41, 5.74) is -0.343. The van der Waals surface area contributed by atoms with Gasteiger partial charge in [-0.25, -0.2) is 14.4 Å². The molecule has 13 nitrogen and oxygen atoms in total. The average molecular weight is 657 g/mol. The highest BCUT2D eigenvalue weighted by Crippen LogP contribution is 2.46. The molecule has 1 unspecified atom stereocenters. The van der Waals surface area contributed by atoms with Gasteiger partial charge in [0.05, 0.1) is 28.7 Å². The first kappa shape index (κ1) is 32.6. The largest absolute Gasteiger partial charge is 0.444 e. The van der Waals surface area contributed by atoms with Crippen LogP contribution in [0.2, 0.25) is 0 Å². The number of carbonyl (C=O) groups is 5. The molecular formula is C35H40N6O7. The number of aromatic amines is 1. The van der Waals surface area contributed by atoms with E-state index in [1.807, 2.05) is 19.1 Å². The number of H-pyrrole nitrogens is 1. The van der Waals surface area contributed by atoms with Crippen molar-refractivity contribution in [3.8, 4) is 0 Å². The van der Waals surface area contributed by atoms with Crippen molar-refractivity contribution in [2.24, 2.45) is 0 Å². The number of nitrogens with one attached hydrogen (secondary N) is 5. The zero-order valence-corrected chi connectivity index (χ0v) is 27.9. The molecule has 2 aliphatic rings. The number of Topliss-reactive ketones (excluding diaryl/α,β-unsaturated/α-hetero) is 1. The summed E-state index contributed by atoms with van der Waals surface area (Å²) in [6, 6.07) is 9.87. The average Bonchev–Trinajstić information content (AvgIpc) is 3.70. The van der Waals surface area contributed by atoms with Gasteiger partial charge in [-0.05, 0) is 59.2 Å². The molecule has 1 saturated heterocycles. The van der Waals surface area contributed by atoms with Gasteiger partial charge in [0.25, 0.3) is 11.7 Å². The second-order valence-corrected chi connectivity index (χ2v) is 14.4. The van der Waals surface area contributed by atoms with Gasteiger partial charge < -0.3 is 35.7 Å². The molecule has 4 aromatic rings. The van der Waals surface area contributed by atoms with Crippen LogP contribution in [0.1, 0.15) is 81.9 Å². The van der Waals surface area contributed by atoms with Crippen molar-refractivity contribution in [1.82, 2.24) is 30.8 Å². The number of hydrogen-bond acceptors (Lipinski definition) is 7. The van der Waals surface area contributed by atoms with Crippen LogP contribution < -0.4 is 21.3 Å². The van der Waals surface area contributed by atoms with Gasteiger partial charge in [0.2, 0.25) is 0 Å². The Labute approximate surface area is 277 Å². The molecule has 2 aromatic heterocycles. The van der Waals surface area contributed by atoms with Crippen molar-refractivity contribution >= 4 is 51.7 Å². The van der Waals surface area contributed by atoms with Crippen molar-refractivity contribution < 1.29 is 33.4 Å². The minimum atomic E-state index is -1.22. The SMILES string of the molecule is C[C@H]1c2cccc3c2c(cn3C(=O)OC(C)(C)C)C(NC(=O)C(=O)c2c[nH]c3ccccc23)[C@H](NC(=O)OC(C)(C)C)[C@]12CNC(=O)N2. The number of ketones is 1. The Bertz CT molecular complexity index is 1980. The van der Waals surface area contributed by atoms with Crippen molar-refractivity contribution in [2.75, 3.05) is 6.54 Å². The summed E-state index contributed by atoms with van der Waals surface area (Å²) in [4.78, 5) is 70.8. The van der Waals surface area contributed by atoms with Crippen LogP contribution in [0.3, 0.4) is 0 Å². The molecule has 0 bridgehead atoms. The number of rotatable bonds is 4. The monoisotopic (exact) mass is 656 g/mol. The van der Waals surface area contributed by atoms with Crippen molar-refractivity contribution in [3.05, 3.63) is 71.5 Å². The summed E-state index contributed by atoms with van der Waals surface area (Å²) in [7, 11) is 0. The van der Waals surface area contributed by atoms with E-state index in [1.165, 1.54) is 10.8 Å². The maximum absolute atomic E-state index is 14.0. The standard InChI is InChI=1S/C35H40N6O7/c1-18-19-12-10-14-24-25(19)22(16-41(24)32(46)48-34(5,6)7)26(38-29(43)27(42)21-15-36-23-13-9-8-11-20(21)23)28(35(18)17-37-30(44)40-35)39-31(45)47-33(2,3)4/h8-16,18,26,28,36H,17H2,1-7H3,(H,38,43)(H,39,45)(H2,37,40,44)/t18-,26?,28-,35-/m0/s1. The number of nitrogens with zero attached hydrogens (tertiary/aromatic N) is 1. The number of hydrogen-bond donors (Lipinski definition) is 5. The Hall–Kier alpha value is -5.33. The number of aromatic nitrogens is 2. The molecule has 4 atom stereocenters. The molecule has 4 amide bonds. The van der Waals surface area contributed by atoms with E-state index in [0.717, 1.165) is 5.56 Å². The lowest BCUT2D eigenvalue weighted by molar-refractivity contribution is -0.118. The molecule has 1 aliphatic heterocycles. The zero-order chi connectivity index (χ0) is 34.8. The number of alkyl carbamates (subject to hydrolysis) is 1. The number of ether oxygens (including phenoxy) is 2. The molecule has 6 rings (SSSR count). The summed E-state index contributed by atoms with van der Waals surface area (Å²) < 4.78 is 12.7. The highest BCUT2D eigenvalue weighted by molar-refractivity contribution is 6.45. The van der Waals surface area contributed by atoms with E-state index in [4.69, 9.17) is 9.47 Å². The predicted octanol–water partition coefficient (Wildman–Crippen LogP) is 5.01. The van der Waals surface area contributed by atoms with Gasteiger partial charge in [-0.15, -0.1) is 0 Å². The number of para-hydroxylation sites is 1. The fraction of sp³-hybridized carbons (Fsp3) is 0.400. The van der Waals surface area contributed by atoms with E-state index in [0.29, 0.717) is 27.4 Å².